The Morgan fingerprint density at radius 1 is 1.16 bits per heavy atom. The lowest BCUT2D eigenvalue weighted by Crippen LogP contribution is -2.64. The van der Waals surface area contributed by atoms with E-state index in [0.717, 1.165) is 19.7 Å². The maximum absolute atomic E-state index is 12.0. The van der Waals surface area contributed by atoms with Gasteiger partial charge in [0, 0.05) is 25.1 Å². The van der Waals surface area contributed by atoms with Crippen molar-refractivity contribution in [1.82, 2.24) is 4.90 Å². The Bertz CT molecular complexity index is 536. The summed E-state index contributed by atoms with van der Waals surface area (Å²) >= 11 is 0. The summed E-state index contributed by atoms with van der Waals surface area (Å²) in [5, 5.41) is 0. The summed E-state index contributed by atoms with van der Waals surface area (Å²) in [6, 6.07) is 10.3. The fraction of sp³-hybridized carbons (Fsp3) is 0.667. The highest BCUT2D eigenvalue weighted by Gasteiger charge is 2.54. The highest BCUT2D eigenvalue weighted by Crippen LogP contribution is 2.52. The number of carbonyl (C=O) groups excluding carboxylic acids is 1. The highest BCUT2D eigenvalue weighted by molar-refractivity contribution is 5.69. The van der Waals surface area contributed by atoms with Crippen molar-refractivity contribution in [1.29, 1.82) is 0 Å². The Kier molecular flexibility index (Phi) is 6.50. The van der Waals surface area contributed by atoms with E-state index in [2.05, 4.69) is 12.1 Å². The first-order valence-electron chi connectivity index (χ1n) is 9.45. The smallest absolute Gasteiger partial charge is 0.410 e. The van der Waals surface area contributed by atoms with Crippen LogP contribution in [-0.2, 0) is 16.1 Å². The Morgan fingerprint density at radius 3 is 2.32 bits per heavy atom. The average molecular weight is 347 g/mol. The van der Waals surface area contributed by atoms with Crippen molar-refractivity contribution in [3.05, 3.63) is 35.9 Å². The molecule has 0 unspecified atom stereocenters. The van der Waals surface area contributed by atoms with E-state index in [1.807, 2.05) is 57.7 Å². The fourth-order valence-electron chi connectivity index (χ4n) is 3.68. The lowest BCUT2D eigenvalue weighted by Gasteiger charge is -2.58. The molecule has 25 heavy (non-hydrogen) atoms. The van der Waals surface area contributed by atoms with Gasteiger partial charge in [-0.3, -0.25) is 0 Å². The summed E-state index contributed by atoms with van der Waals surface area (Å²) in [6.45, 7) is 12.9. The third kappa shape index (κ3) is 5.46. The molecule has 0 bridgehead atoms. The van der Waals surface area contributed by atoms with Crippen LogP contribution < -0.4 is 0 Å². The van der Waals surface area contributed by atoms with Crippen molar-refractivity contribution in [2.45, 2.75) is 59.7 Å². The first-order valence-corrected chi connectivity index (χ1v) is 9.45. The van der Waals surface area contributed by atoms with Gasteiger partial charge in [-0.1, -0.05) is 44.2 Å². The summed E-state index contributed by atoms with van der Waals surface area (Å²) in [5.41, 5.74) is 1.16. The highest BCUT2D eigenvalue weighted by atomic mass is 16.6. The van der Waals surface area contributed by atoms with Gasteiger partial charge < -0.3 is 14.4 Å². The zero-order valence-corrected chi connectivity index (χ0v) is 16.4. The molecule has 1 heterocycles. The molecule has 2 fully saturated rings. The van der Waals surface area contributed by atoms with Gasteiger partial charge in [0.05, 0.1) is 6.61 Å². The van der Waals surface area contributed by atoms with Crippen molar-refractivity contribution in [2.75, 3.05) is 19.7 Å². The standard InChI is InChI=1S/C19H27NO3.C2H6/c1-18(2,3)23-17(21)20-13-19(14-20)9-16(10-19)12-22-11-15-7-5-4-6-8-15;1-2/h4-8,16H,9-14H2,1-3H3;1-2H3. The van der Waals surface area contributed by atoms with Crippen LogP contribution in [0.3, 0.4) is 0 Å². The van der Waals surface area contributed by atoms with Crippen molar-refractivity contribution in [3.8, 4) is 0 Å². The number of amides is 1. The molecule has 2 aliphatic rings. The maximum atomic E-state index is 12.0. The van der Waals surface area contributed by atoms with E-state index in [-0.39, 0.29) is 6.09 Å². The van der Waals surface area contributed by atoms with Crippen molar-refractivity contribution >= 4 is 6.09 Å². The van der Waals surface area contributed by atoms with E-state index in [1.165, 1.54) is 18.4 Å². The minimum absolute atomic E-state index is 0.174. The summed E-state index contributed by atoms with van der Waals surface area (Å²) < 4.78 is 11.2. The van der Waals surface area contributed by atoms with E-state index in [1.54, 1.807) is 0 Å². The third-order valence-corrected chi connectivity index (χ3v) is 4.61. The minimum Gasteiger partial charge on any atom is -0.444 e. The Hall–Kier alpha value is -1.55. The lowest BCUT2D eigenvalue weighted by atomic mass is 9.58. The van der Waals surface area contributed by atoms with Crippen LogP contribution in [0, 0.1) is 11.3 Å². The Balaban J connectivity index is 0.00000109. The number of ether oxygens (including phenoxy) is 2. The molecule has 140 valence electrons. The van der Waals surface area contributed by atoms with Crippen LogP contribution in [0.2, 0.25) is 0 Å². The molecule has 1 aliphatic carbocycles. The molecule has 1 aliphatic heterocycles. The van der Waals surface area contributed by atoms with Gasteiger partial charge in [0.2, 0.25) is 0 Å². The van der Waals surface area contributed by atoms with Crippen LogP contribution in [0.5, 0.6) is 0 Å². The molecule has 3 rings (SSSR count). The van der Waals surface area contributed by atoms with E-state index in [0.29, 0.717) is 17.9 Å². The molecule has 0 aromatic heterocycles. The van der Waals surface area contributed by atoms with E-state index in [9.17, 15) is 4.79 Å². The van der Waals surface area contributed by atoms with Gasteiger partial charge in [0.25, 0.3) is 0 Å². The predicted octanol–water partition coefficient (Wildman–Crippen LogP) is 4.88. The molecular formula is C21H33NO3. The molecule has 0 radical (unpaired) electrons. The lowest BCUT2D eigenvalue weighted by molar-refractivity contribution is -0.112. The van der Waals surface area contributed by atoms with Gasteiger partial charge >= 0.3 is 6.09 Å². The van der Waals surface area contributed by atoms with Crippen LogP contribution in [0.25, 0.3) is 0 Å². The van der Waals surface area contributed by atoms with E-state index < -0.39 is 5.60 Å². The Morgan fingerprint density at radius 2 is 1.76 bits per heavy atom. The van der Waals surface area contributed by atoms with E-state index in [4.69, 9.17) is 9.47 Å². The molecule has 1 saturated heterocycles. The second kappa shape index (κ2) is 8.22. The van der Waals surface area contributed by atoms with Crippen LogP contribution in [-0.4, -0.2) is 36.3 Å². The molecule has 1 aromatic rings. The fourth-order valence-corrected chi connectivity index (χ4v) is 3.68. The van der Waals surface area contributed by atoms with Gasteiger partial charge in [-0.05, 0) is 45.1 Å². The SMILES string of the molecule is CC.CC(C)(C)OC(=O)N1CC2(CC(COCc3ccccc3)C2)C1. The van der Waals surface area contributed by atoms with Gasteiger partial charge in [0.15, 0.2) is 0 Å². The molecule has 4 heteroatoms. The van der Waals surface area contributed by atoms with Crippen LogP contribution in [0.15, 0.2) is 30.3 Å². The second-order valence-electron chi connectivity index (χ2n) is 8.11. The number of nitrogens with zero attached hydrogens (tertiary/aromatic N) is 1. The Labute approximate surface area is 152 Å². The quantitative estimate of drug-likeness (QED) is 0.779. The minimum atomic E-state index is -0.409. The molecule has 1 aromatic carbocycles. The first-order chi connectivity index (χ1) is 11.9. The van der Waals surface area contributed by atoms with Gasteiger partial charge in [-0.25, -0.2) is 4.79 Å². The number of likely N-dealkylation sites (tertiary alicyclic amines) is 1. The summed E-state index contributed by atoms with van der Waals surface area (Å²) in [5.74, 6) is 0.638. The number of benzene rings is 1. The van der Waals surface area contributed by atoms with Crippen LogP contribution in [0.4, 0.5) is 4.79 Å². The molecule has 0 atom stereocenters. The van der Waals surface area contributed by atoms with Gasteiger partial charge in [-0.2, -0.15) is 0 Å². The molecular weight excluding hydrogens is 314 g/mol. The third-order valence-electron chi connectivity index (χ3n) is 4.61. The molecule has 1 amide bonds. The zero-order valence-electron chi connectivity index (χ0n) is 16.4. The molecule has 1 saturated carbocycles. The van der Waals surface area contributed by atoms with Crippen molar-refractivity contribution in [2.24, 2.45) is 11.3 Å². The van der Waals surface area contributed by atoms with Crippen LogP contribution in [0.1, 0.15) is 53.0 Å². The normalized spacial score (nSPS) is 18.7. The van der Waals surface area contributed by atoms with Gasteiger partial charge in [-0.15, -0.1) is 0 Å². The summed E-state index contributed by atoms with van der Waals surface area (Å²) in [7, 11) is 0. The first kappa shape index (κ1) is 19.8. The van der Waals surface area contributed by atoms with Crippen molar-refractivity contribution in [3.63, 3.8) is 0 Å². The predicted molar refractivity (Wildman–Crippen MR) is 100 cm³/mol. The monoisotopic (exact) mass is 347 g/mol. The zero-order chi connectivity index (χ0) is 18.5. The average Bonchev–Trinajstić information content (AvgIpc) is 2.48. The maximum Gasteiger partial charge on any atom is 0.410 e. The molecule has 1 spiro atoms. The summed E-state index contributed by atoms with van der Waals surface area (Å²) in [6.07, 6.45) is 2.16. The molecule has 0 N–H and O–H groups in total. The van der Waals surface area contributed by atoms with E-state index >= 15 is 0 Å². The second-order valence-corrected chi connectivity index (χ2v) is 8.11. The topological polar surface area (TPSA) is 38.8 Å². The summed E-state index contributed by atoms with van der Waals surface area (Å²) in [4.78, 5) is 13.8. The number of carbonyl (C=O) groups is 1. The number of rotatable bonds is 4. The van der Waals surface area contributed by atoms with Crippen molar-refractivity contribution < 1.29 is 14.3 Å². The number of hydrogen-bond acceptors (Lipinski definition) is 3. The van der Waals surface area contributed by atoms with Gasteiger partial charge in [0.1, 0.15) is 5.60 Å². The largest absolute Gasteiger partial charge is 0.444 e. The number of hydrogen-bond donors (Lipinski definition) is 0. The molecule has 4 nitrogen and oxygen atoms in total. The van der Waals surface area contributed by atoms with Crippen LogP contribution >= 0.6 is 0 Å².